The molecule has 8 heteroatoms. The molecule has 0 spiro atoms. The highest BCUT2D eigenvalue weighted by molar-refractivity contribution is 6.04. The number of nitrogens with zero attached hydrogens (tertiary/aromatic N) is 2. The Kier molecular flexibility index (Phi) is 5.31. The zero-order valence-electron chi connectivity index (χ0n) is 14.3. The minimum Gasteiger partial charge on any atom is -0.491 e. The van der Waals surface area contributed by atoms with Gasteiger partial charge in [0.25, 0.3) is 11.6 Å². The minimum absolute atomic E-state index is 0.0944. The number of methoxy groups -OCH3 is 1. The molecule has 0 aliphatic heterocycles. The van der Waals surface area contributed by atoms with Gasteiger partial charge in [0.15, 0.2) is 11.5 Å². The van der Waals surface area contributed by atoms with Gasteiger partial charge in [-0.15, -0.1) is 0 Å². The second-order valence-electron chi connectivity index (χ2n) is 5.97. The van der Waals surface area contributed by atoms with E-state index >= 15 is 0 Å². The first-order valence-electron chi connectivity index (χ1n) is 8.34. The Morgan fingerprint density at radius 2 is 2.00 bits per heavy atom. The molecule has 1 amide bonds. The van der Waals surface area contributed by atoms with Crippen molar-refractivity contribution in [3.8, 4) is 11.5 Å². The Bertz CT molecular complexity index is 818. The van der Waals surface area contributed by atoms with Crippen molar-refractivity contribution in [3.05, 3.63) is 52.3 Å². The third kappa shape index (κ3) is 3.90. The average Bonchev–Trinajstić information content (AvgIpc) is 3.15. The molecule has 1 aliphatic carbocycles. The molecule has 0 bridgehead atoms. The molecule has 26 heavy (non-hydrogen) atoms. The molecule has 0 saturated heterocycles. The summed E-state index contributed by atoms with van der Waals surface area (Å²) in [5.41, 5.74) is 0.0205. The van der Waals surface area contributed by atoms with E-state index in [1.807, 2.05) is 0 Å². The van der Waals surface area contributed by atoms with Gasteiger partial charge in [-0.2, -0.15) is 0 Å². The van der Waals surface area contributed by atoms with Crippen LogP contribution in [0.15, 0.2) is 36.5 Å². The SMILES string of the molecule is COc1cnc(C(=O)Nc2ccccc2[N+](=O)[O-])cc1OC1CCCC1. The van der Waals surface area contributed by atoms with Crippen LogP contribution in [0.1, 0.15) is 36.2 Å². The maximum absolute atomic E-state index is 12.5. The number of hydrogen-bond donors (Lipinski definition) is 1. The van der Waals surface area contributed by atoms with Crippen LogP contribution in [0, 0.1) is 10.1 Å². The number of nitrogens with one attached hydrogen (secondary N) is 1. The lowest BCUT2D eigenvalue weighted by atomic mass is 10.2. The second kappa shape index (κ2) is 7.81. The number of hydrogen-bond acceptors (Lipinski definition) is 6. The highest BCUT2D eigenvalue weighted by atomic mass is 16.6. The van der Waals surface area contributed by atoms with Crippen LogP contribution in [0.25, 0.3) is 0 Å². The number of rotatable bonds is 6. The molecule has 1 aromatic carbocycles. The van der Waals surface area contributed by atoms with Crippen molar-refractivity contribution in [1.82, 2.24) is 4.98 Å². The molecule has 136 valence electrons. The maximum atomic E-state index is 12.5. The fourth-order valence-corrected chi connectivity index (χ4v) is 2.90. The number of ether oxygens (including phenoxy) is 2. The Morgan fingerprint density at radius 3 is 2.69 bits per heavy atom. The van der Waals surface area contributed by atoms with E-state index in [9.17, 15) is 14.9 Å². The normalized spacial score (nSPS) is 14.0. The Labute approximate surface area is 150 Å². The van der Waals surface area contributed by atoms with E-state index < -0.39 is 10.8 Å². The molecule has 1 N–H and O–H groups in total. The van der Waals surface area contributed by atoms with Gasteiger partial charge in [-0.25, -0.2) is 4.98 Å². The van der Waals surface area contributed by atoms with Crippen LogP contribution < -0.4 is 14.8 Å². The number of nitro benzene ring substituents is 1. The number of carbonyl (C=O) groups excluding carboxylic acids is 1. The summed E-state index contributed by atoms with van der Waals surface area (Å²) in [6.45, 7) is 0. The molecule has 8 nitrogen and oxygen atoms in total. The van der Waals surface area contributed by atoms with Crippen molar-refractivity contribution in [1.29, 1.82) is 0 Å². The van der Waals surface area contributed by atoms with Crippen molar-refractivity contribution in [2.75, 3.05) is 12.4 Å². The molecule has 3 rings (SSSR count). The number of amides is 1. The van der Waals surface area contributed by atoms with Crippen LogP contribution in [0.4, 0.5) is 11.4 Å². The third-order valence-electron chi connectivity index (χ3n) is 4.23. The number of carbonyl (C=O) groups is 1. The quantitative estimate of drug-likeness (QED) is 0.626. The summed E-state index contributed by atoms with van der Waals surface area (Å²) in [5, 5.41) is 13.6. The van der Waals surface area contributed by atoms with Gasteiger partial charge in [0.05, 0.1) is 24.3 Å². The smallest absolute Gasteiger partial charge is 0.292 e. The molecule has 0 unspecified atom stereocenters. The molecule has 1 heterocycles. The van der Waals surface area contributed by atoms with Crippen LogP contribution in [-0.4, -0.2) is 29.0 Å². The molecule has 0 radical (unpaired) electrons. The largest absolute Gasteiger partial charge is 0.491 e. The number of para-hydroxylation sites is 2. The predicted molar refractivity (Wildman–Crippen MR) is 94.7 cm³/mol. The highest BCUT2D eigenvalue weighted by Gasteiger charge is 2.21. The van der Waals surface area contributed by atoms with E-state index in [0.717, 1.165) is 25.7 Å². The summed E-state index contributed by atoms with van der Waals surface area (Å²) in [6.07, 6.45) is 5.66. The van der Waals surface area contributed by atoms with Crippen LogP contribution in [0.5, 0.6) is 11.5 Å². The van der Waals surface area contributed by atoms with Crippen molar-refractivity contribution in [3.63, 3.8) is 0 Å². The monoisotopic (exact) mass is 357 g/mol. The Hall–Kier alpha value is -3.16. The van der Waals surface area contributed by atoms with E-state index in [1.54, 1.807) is 6.07 Å². The predicted octanol–water partition coefficient (Wildman–Crippen LogP) is 3.57. The summed E-state index contributed by atoms with van der Waals surface area (Å²) in [7, 11) is 1.51. The lowest BCUT2D eigenvalue weighted by Crippen LogP contribution is -2.16. The van der Waals surface area contributed by atoms with Gasteiger partial charge < -0.3 is 14.8 Å². The number of aromatic nitrogens is 1. The number of pyridine rings is 1. The number of anilines is 1. The van der Waals surface area contributed by atoms with Gasteiger partial charge >= 0.3 is 0 Å². The topological polar surface area (TPSA) is 104 Å². The lowest BCUT2D eigenvalue weighted by molar-refractivity contribution is -0.383. The first kappa shape index (κ1) is 17.7. The van der Waals surface area contributed by atoms with Crippen LogP contribution >= 0.6 is 0 Å². The van der Waals surface area contributed by atoms with E-state index in [-0.39, 0.29) is 23.2 Å². The van der Waals surface area contributed by atoms with E-state index in [0.29, 0.717) is 11.5 Å². The van der Waals surface area contributed by atoms with Gasteiger partial charge in [0.1, 0.15) is 11.4 Å². The van der Waals surface area contributed by atoms with E-state index in [4.69, 9.17) is 9.47 Å². The first-order chi connectivity index (χ1) is 12.6. The van der Waals surface area contributed by atoms with Gasteiger partial charge in [0, 0.05) is 12.1 Å². The fourth-order valence-electron chi connectivity index (χ4n) is 2.90. The molecule has 1 saturated carbocycles. The van der Waals surface area contributed by atoms with Crippen LogP contribution in [-0.2, 0) is 0 Å². The van der Waals surface area contributed by atoms with Crippen molar-refractivity contribution in [2.24, 2.45) is 0 Å². The van der Waals surface area contributed by atoms with Crippen molar-refractivity contribution in [2.45, 2.75) is 31.8 Å². The van der Waals surface area contributed by atoms with Crippen molar-refractivity contribution < 1.29 is 19.2 Å². The molecule has 0 atom stereocenters. The third-order valence-corrected chi connectivity index (χ3v) is 4.23. The van der Waals surface area contributed by atoms with Gasteiger partial charge in [0.2, 0.25) is 0 Å². The van der Waals surface area contributed by atoms with Gasteiger partial charge in [-0.3, -0.25) is 14.9 Å². The maximum Gasteiger partial charge on any atom is 0.292 e. The zero-order valence-corrected chi connectivity index (χ0v) is 14.3. The summed E-state index contributed by atoms with van der Waals surface area (Å²) in [6, 6.07) is 7.44. The fraction of sp³-hybridized carbons (Fsp3) is 0.333. The average molecular weight is 357 g/mol. The van der Waals surface area contributed by atoms with Crippen LogP contribution in [0.2, 0.25) is 0 Å². The Morgan fingerprint density at radius 1 is 1.27 bits per heavy atom. The Balaban J connectivity index is 1.82. The summed E-state index contributed by atoms with van der Waals surface area (Å²) in [4.78, 5) is 27.1. The van der Waals surface area contributed by atoms with Gasteiger partial charge in [-0.1, -0.05) is 12.1 Å². The summed E-state index contributed by atoms with van der Waals surface area (Å²) >= 11 is 0. The number of nitro groups is 1. The molecule has 1 aliphatic rings. The lowest BCUT2D eigenvalue weighted by Gasteiger charge is -2.16. The zero-order chi connectivity index (χ0) is 18.5. The molecular weight excluding hydrogens is 338 g/mol. The highest BCUT2D eigenvalue weighted by Crippen LogP contribution is 2.32. The standard InChI is InChI=1S/C18H19N3O5/c1-25-17-11-19-14(10-16(17)26-12-6-2-3-7-12)18(22)20-13-8-4-5-9-15(13)21(23)24/h4-5,8-12H,2-3,6-7H2,1H3,(H,20,22). The molecule has 1 fully saturated rings. The second-order valence-corrected chi connectivity index (χ2v) is 5.97. The molecule has 2 aromatic rings. The number of benzene rings is 1. The minimum atomic E-state index is -0.557. The summed E-state index contributed by atoms with van der Waals surface area (Å²) in [5.74, 6) is 0.333. The van der Waals surface area contributed by atoms with Gasteiger partial charge in [-0.05, 0) is 31.7 Å². The first-order valence-corrected chi connectivity index (χ1v) is 8.34. The molecule has 1 aromatic heterocycles. The van der Waals surface area contributed by atoms with Crippen LogP contribution in [0.3, 0.4) is 0 Å². The summed E-state index contributed by atoms with van der Waals surface area (Å²) < 4.78 is 11.2. The van der Waals surface area contributed by atoms with E-state index in [2.05, 4.69) is 10.3 Å². The van der Waals surface area contributed by atoms with E-state index in [1.165, 1.54) is 37.6 Å². The van der Waals surface area contributed by atoms with Crippen molar-refractivity contribution >= 4 is 17.3 Å². The molecular formula is C18H19N3O5.